The second-order valence-electron chi connectivity index (χ2n) is 4.89. The highest BCUT2D eigenvalue weighted by molar-refractivity contribution is 7.90. The molecule has 0 unspecified atom stereocenters. The van der Waals surface area contributed by atoms with E-state index in [9.17, 15) is 23.3 Å². The van der Waals surface area contributed by atoms with E-state index in [4.69, 9.17) is 4.74 Å². The Bertz CT molecular complexity index is 889. The lowest BCUT2D eigenvalue weighted by Crippen LogP contribution is -2.10. The summed E-state index contributed by atoms with van der Waals surface area (Å²) in [5.74, 6) is -0.605. The molecule has 0 aromatic heterocycles. The van der Waals surface area contributed by atoms with E-state index >= 15 is 0 Å². The fourth-order valence-corrected chi connectivity index (χ4v) is 2.58. The number of carbonyl (C=O) groups excluding carboxylic acids is 1. The fraction of sp³-hybridized carbons (Fsp3) is 0.133. The van der Waals surface area contributed by atoms with Crippen LogP contribution in [0.5, 0.6) is 5.75 Å². The molecule has 0 aliphatic rings. The summed E-state index contributed by atoms with van der Waals surface area (Å²) < 4.78 is 28.1. The van der Waals surface area contributed by atoms with Crippen molar-refractivity contribution in [2.24, 2.45) is 0 Å². The van der Waals surface area contributed by atoms with Gasteiger partial charge in [0.05, 0.1) is 15.4 Å². The Balaban J connectivity index is 2.26. The molecule has 120 valence electrons. The highest BCUT2D eigenvalue weighted by Gasteiger charge is 2.15. The van der Waals surface area contributed by atoms with Crippen molar-refractivity contribution in [3.63, 3.8) is 0 Å². The summed E-state index contributed by atoms with van der Waals surface area (Å²) in [6.45, 7) is 1.53. The molecule has 0 heterocycles. The molecule has 8 heteroatoms. The van der Waals surface area contributed by atoms with Crippen LogP contribution in [0.4, 0.5) is 5.69 Å². The lowest BCUT2D eigenvalue weighted by molar-refractivity contribution is -0.385. The molecule has 23 heavy (non-hydrogen) atoms. The minimum atomic E-state index is -3.44. The quantitative estimate of drug-likeness (QED) is 0.368. The topological polar surface area (TPSA) is 104 Å². The Kier molecular flexibility index (Phi) is 4.46. The smallest absolute Gasteiger partial charge is 0.343 e. The standard InChI is InChI=1S/C15H13NO6S/c1-10-8-12(6-7-14(10)16(18)19)22-15(17)11-4-3-5-13(9-11)23(2,20)21/h3-9H,1-2H3. The van der Waals surface area contributed by atoms with Gasteiger partial charge in [-0.2, -0.15) is 0 Å². The average molecular weight is 335 g/mol. The summed E-state index contributed by atoms with van der Waals surface area (Å²) in [6, 6.07) is 9.38. The van der Waals surface area contributed by atoms with Gasteiger partial charge in [-0.15, -0.1) is 0 Å². The van der Waals surface area contributed by atoms with Gasteiger partial charge in [0.2, 0.25) is 0 Å². The van der Waals surface area contributed by atoms with E-state index in [0.29, 0.717) is 5.56 Å². The number of ether oxygens (including phenoxy) is 1. The molecule has 0 atom stereocenters. The molecular formula is C15H13NO6S. The minimum Gasteiger partial charge on any atom is -0.423 e. The molecule has 0 saturated heterocycles. The third-order valence-corrected chi connectivity index (χ3v) is 4.18. The lowest BCUT2D eigenvalue weighted by Gasteiger charge is -2.06. The summed E-state index contributed by atoms with van der Waals surface area (Å²) in [6.07, 6.45) is 1.04. The summed E-state index contributed by atoms with van der Waals surface area (Å²) >= 11 is 0. The maximum atomic E-state index is 12.1. The van der Waals surface area contributed by atoms with Crippen molar-refractivity contribution in [1.29, 1.82) is 0 Å². The Hall–Kier alpha value is -2.74. The molecule has 0 amide bonds. The minimum absolute atomic E-state index is 0.00632. The normalized spacial score (nSPS) is 11.0. The highest BCUT2D eigenvalue weighted by Crippen LogP contribution is 2.24. The van der Waals surface area contributed by atoms with Gasteiger partial charge in [0, 0.05) is 17.9 Å². The molecule has 0 aliphatic heterocycles. The molecule has 0 aliphatic carbocycles. The number of benzene rings is 2. The number of nitro groups is 1. The van der Waals surface area contributed by atoms with Crippen LogP contribution in [0.2, 0.25) is 0 Å². The van der Waals surface area contributed by atoms with Crippen LogP contribution in [0.3, 0.4) is 0 Å². The third kappa shape index (κ3) is 3.92. The summed E-state index contributed by atoms with van der Waals surface area (Å²) in [5, 5.41) is 10.7. The largest absolute Gasteiger partial charge is 0.423 e. The molecule has 0 fully saturated rings. The molecule has 2 aromatic carbocycles. The predicted octanol–water partition coefficient (Wildman–Crippen LogP) is 2.53. The number of aryl methyl sites for hydroxylation is 1. The molecule has 2 aromatic rings. The van der Waals surface area contributed by atoms with Crippen LogP contribution in [0.1, 0.15) is 15.9 Å². The maximum absolute atomic E-state index is 12.1. The van der Waals surface area contributed by atoms with E-state index in [0.717, 1.165) is 6.26 Å². The van der Waals surface area contributed by atoms with Gasteiger partial charge in [0.15, 0.2) is 9.84 Å². The van der Waals surface area contributed by atoms with E-state index in [2.05, 4.69) is 0 Å². The molecule has 2 rings (SSSR count). The average Bonchev–Trinajstić information content (AvgIpc) is 2.46. The summed E-state index contributed by atoms with van der Waals surface area (Å²) in [4.78, 5) is 22.3. The van der Waals surface area contributed by atoms with Crippen LogP contribution in [0.15, 0.2) is 47.4 Å². The van der Waals surface area contributed by atoms with Gasteiger partial charge in [0.1, 0.15) is 5.75 Å². The number of hydrogen-bond donors (Lipinski definition) is 0. The van der Waals surface area contributed by atoms with Gasteiger partial charge in [-0.1, -0.05) is 6.07 Å². The summed E-state index contributed by atoms with van der Waals surface area (Å²) in [7, 11) is -3.44. The molecule has 0 N–H and O–H groups in total. The first-order chi connectivity index (χ1) is 10.7. The lowest BCUT2D eigenvalue weighted by atomic mass is 10.2. The van der Waals surface area contributed by atoms with Crippen LogP contribution in [0.25, 0.3) is 0 Å². The molecular weight excluding hydrogens is 322 g/mol. The highest BCUT2D eigenvalue weighted by atomic mass is 32.2. The Morgan fingerprint density at radius 2 is 1.87 bits per heavy atom. The number of sulfone groups is 1. The number of rotatable bonds is 4. The van der Waals surface area contributed by atoms with Crippen molar-refractivity contribution < 1.29 is 22.9 Å². The van der Waals surface area contributed by atoms with Crippen molar-refractivity contribution in [3.8, 4) is 5.75 Å². The van der Waals surface area contributed by atoms with Crippen LogP contribution in [0, 0.1) is 17.0 Å². The van der Waals surface area contributed by atoms with Gasteiger partial charge in [-0.05, 0) is 37.3 Å². The van der Waals surface area contributed by atoms with Crippen LogP contribution in [-0.2, 0) is 9.84 Å². The monoisotopic (exact) mass is 335 g/mol. The first-order valence-electron chi connectivity index (χ1n) is 6.46. The van der Waals surface area contributed by atoms with E-state index < -0.39 is 20.7 Å². The van der Waals surface area contributed by atoms with Crippen LogP contribution < -0.4 is 4.74 Å². The van der Waals surface area contributed by atoms with Crippen molar-refractivity contribution in [1.82, 2.24) is 0 Å². The van der Waals surface area contributed by atoms with Gasteiger partial charge in [-0.3, -0.25) is 10.1 Å². The van der Waals surface area contributed by atoms with E-state index in [1.807, 2.05) is 0 Å². The number of nitrogens with zero attached hydrogens (tertiary/aromatic N) is 1. The van der Waals surface area contributed by atoms with Crippen LogP contribution in [-0.4, -0.2) is 25.6 Å². The SMILES string of the molecule is Cc1cc(OC(=O)c2cccc(S(C)(=O)=O)c2)ccc1[N+](=O)[O-]. The van der Waals surface area contributed by atoms with Gasteiger partial charge >= 0.3 is 5.97 Å². The van der Waals surface area contributed by atoms with Gasteiger partial charge in [-0.25, -0.2) is 13.2 Å². The molecule has 0 spiro atoms. The van der Waals surface area contributed by atoms with Crippen LogP contribution >= 0.6 is 0 Å². The third-order valence-electron chi connectivity index (χ3n) is 3.07. The molecule has 7 nitrogen and oxygen atoms in total. The van der Waals surface area contributed by atoms with Gasteiger partial charge < -0.3 is 4.74 Å². The number of carbonyl (C=O) groups is 1. The zero-order valence-electron chi connectivity index (χ0n) is 12.3. The molecule has 0 radical (unpaired) electrons. The zero-order chi connectivity index (χ0) is 17.2. The van der Waals surface area contributed by atoms with E-state index in [1.165, 1.54) is 49.4 Å². The summed E-state index contributed by atoms with van der Waals surface area (Å²) in [5.41, 5.74) is 0.345. The predicted molar refractivity (Wildman–Crippen MR) is 82.3 cm³/mol. The fourth-order valence-electron chi connectivity index (χ4n) is 1.92. The maximum Gasteiger partial charge on any atom is 0.343 e. The van der Waals surface area contributed by atoms with E-state index in [-0.39, 0.29) is 21.9 Å². The van der Waals surface area contributed by atoms with Gasteiger partial charge in [0.25, 0.3) is 5.69 Å². The Morgan fingerprint density at radius 3 is 2.43 bits per heavy atom. The van der Waals surface area contributed by atoms with Crippen molar-refractivity contribution in [2.75, 3.05) is 6.26 Å². The van der Waals surface area contributed by atoms with Crippen molar-refractivity contribution in [2.45, 2.75) is 11.8 Å². The Morgan fingerprint density at radius 1 is 1.17 bits per heavy atom. The van der Waals surface area contributed by atoms with E-state index in [1.54, 1.807) is 0 Å². The second kappa shape index (κ2) is 6.17. The molecule has 0 bridgehead atoms. The first kappa shape index (κ1) is 16.6. The number of nitro benzene ring substituents is 1. The van der Waals surface area contributed by atoms with Crippen molar-refractivity contribution in [3.05, 3.63) is 63.7 Å². The zero-order valence-corrected chi connectivity index (χ0v) is 13.2. The first-order valence-corrected chi connectivity index (χ1v) is 8.35. The number of esters is 1. The van der Waals surface area contributed by atoms with Crippen molar-refractivity contribution >= 4 is 21.5 Å². The molecule has 0 saturated carbocycles. The Labute approximate surface area is 132 Å². The number of hydrogen-bond acceptors (Lipinski definition) is 6. The second-order valence-corrected chi connectivity index (χ2v) is 6.91.